The normalized spacial score (nSPS) is 14.2. The van der Waals surface area contributed by atoms with E-state index in [0.717, 1.165) is 24.0 Å². The number of hydrogen-bond acceptors (Lipinski definition) is 3. The van der Waals surface area contributed by atoms with E-state index in [2.05, 4.69) is 25.4 Å². The van der Waals surface area contributed by atoms with Crippen molar-refractivity contribution in [2.45, 2.75) is 40.0 Å². The second-order valence-electron chi connectivity index (χ2n) is 4.91. The Hall–Kier alpha value is -1.61. The first-order valence-corrected chi connectivity index (χ1v) is 6.82. The van der Waals surface area contributed by atoms with Crippen LogP contribution in [0, 0.1) is 13.8 Å². The van der Waals surface area contributed by atoms with Crippen molar-refractivity contribution < 1.29 is 9.63 Å². The van der Waals surface area contributed by atoms with Crippen LogP contribution in [0.3, 0.4) is 0 Å². The number of allylic oxidation sites excluding steroid dienone is 1. The first-order valence-electron chi connectivity index (χ1n) is 6.82. The summed E-state index contributed by atoms with van der Waals surface area (Å²) in [5.74, 6) is 0.296. The number of aryl methyl sites for hydroxylation is 2. The predicted octanol–water partition coefficient (Wildman–Crippen LogP) is 3.03. The minimum Gasteiger partial charge on any atom is -0.294 e. The third-order valence-electron chi connectivity index (χ3n) is 3.65. The molecule has 1 aliphatic rings. The standard InChI is InChI=1S/C16H21NO2/c1-4-19-17-9-5-6-14-11(2)10-13-7-8-15(18)16(13)12(14)3/h5,9-10,17H,4,6-8H2,1-3H3/b9-5-. The van der Waals surface area contributed by atoms with E-state index in [1.807, 2.05) is 13.0 Å². The lowest BCUT2D eigenvalue weighted by molar-refractivity contribution is 0.0824. The molecule has 0 saturated heterocycles. The van der Waals surface area contributed by atoms with Gasteiger partial charge in [0.1, 0.15) is 0 Å². The molecule has 0 amide bonds. The van der Waals surface area contributed by atoms with Gasteiger partial charge in [-0.15, -0.1) is 0 Å². The quantitative estimate of drug-likeness (QED) is 0.652. The highest BCUT2D eigenvalue weighted by Crippen LogP contribution is 2.30. The minimum absolute atomic E-state index is 0.296. The van der Waals surface area contributed by atoms with Crippen LogP contribution in [-0.2, 0) is 17.7 Å². The van der Waals surface area contributed by atoms with Crippen LogP contribution >= 0.6 is 0 Å². The minimum atomic E-state index is 0.296. The maximum atomic E-state index is 11.9. The van der Waals surface area contributed by atoms with Gasteiger partial charge in [0.05, 0.1) is 6.61 Å². The Kier molecular flexibility index (Phi) is 4.38. The summed E-state index contributed by atoms with van der Waals surface area (Å²) in [5, 5.41) is 0. The lowest BCUT2D eigenvalue weighted by atomic mass is 9.92. The predicted molar refractivity (Wildman–Crippen MR) is 76.2 cm³/mol. The molecule has 0 aromatic heterocycles. The van der Waals surface area contributed by atoms with Crippen molar-refractivity contribution in [1.29, 1.82) is 0 Å². The number of rotatable bonds is 5. The van der Waals surface area contributed by atoms with Crippen LogP contribution < -0.4 is 5.48 Å². The van der Waals surface area contributed by atoms with Crippen LogP contribution in [0.4, 0.5) is 0 Å². The highest BCUT2D eigenvalue weighted by Gasteiger charge is 2.23. The topological polar surface area (TPSA) is 38.3 Å². The molecule has 1 aliphatic carbocycles. The zero-order valence-corrected chi connectivity index (χ0v) is 11.9. The molecule has 3 heteroatoms. The molecule has 3 nitrogen and oxygen atoms in total. The van der Waals surface area contributed by atoms with Crippen LogP contribution in [0.1, 0.15) is 46.0 Å². The highest BCUT2D eigenvalue weighted by molar-refractivity contribution is 6.02. The van der Waals surface area contributed by atoms with E-state index in [9.17, 15) is 4.79 Å². The fourth-order valence-electron chi connectivity index (χ4n) is 2.74. The number of carbonyl (C=O) groups is 1. The van der Waals surface area contributed by atoms with Gasteiger partial charge in [-0.3, -0.25) is 15.1 Å². The van der Waals surface area contributed by atoms with E-state index in [4.69, 9.17) is 4.84 Å². The van der Waals surface area contributed by atoms with E-state index < -0.39 is 0 Å². The van der Waals surface area contributed by atoms with Gasteiger partial charge in [0.25, 0.3) is 0 Å². The number of ketones is 1. The first-order chi connectivity index (χ1) is 9.15. The number of nitrogens with one attached hydrogen (secondary N) is 1. The van der Waals surface area contributed by atoms with E-state index >= 15 is 0 Å². The van der Waals surface area contributed by atoms with Crippen molar-refractivity contribution >= 4 is 5.78 Å². The zero-order chi connectivity index (χ0) is 13.8. The molecule has 2 rings (SSSR count). The average molecular weight is 259 g/mol. The fraction of sp³-hybridized carbons (Fsp3) is 0.438. The van der Waals surface area contributed by atoms with Crippen LogP contribution in [-0.4, -0.2) is 12.4 Å². The average Bonchev–Trinajstić information content (AvgIpc) is 2.74. The second kappa shape index (κ2) is 6.02. The number of Topliss-reactive ketones (excluding diaryl/α,β-unsaturated/α-hetero) is 1. The summed E-state index contributed by atoms with van der Waals surface area (Å²) < 4.78 is 0. The molecule has 1 N–H and O–H groups in total. The summed E-state index contributed by atoms with van der Waals surface area (Å²) in [6, 6.07) is 2.17. The lowest BCUT2D eigenvalue weighted by Crippen LogP contribution is -2.06. The summed E-state index contributed by atoms with van der Waals surface area (Å²) >= 11 is 0. The molecule has 0 unspecified atom stereocenters. The second-order valence-corrected chi connectivity index (χ2v) is 4.91. The van der Waals surface area contributed by atoms with Gasteiger partial charge in [-0.2, -0.15) is 0 Å². The molecular weight excluding hydrogens is 238 g/mol. The van der Waals surface area contributed by atoms with Gasteiger partial charge < -0.3 is 0 Å². The van der Waals surface area contributed by atoms with Crippen molar-refractivity contribution in [2.75, 3.05) is 6.61 Å². The first kappa shape index (κ1) is 13.8. The molecule has 0 atom stereocenters. The Labute approximate surface area is 114 Å². The summed E-state index contributed by atoms with van der Waals surface area (Å²) in [7, 11) is 0. The van der Waals surface area contributed by atoms with Crippen LogP contribution in [0.25, 0.3) is 0 Å². The Morgan fingerprint density at radius 1 is 1.37 bits per heavy atom. The Bertz CT molecular complexity index is 518. The Balaban J connectivity index is 2.19. The molecule has 0 saturated carbocycles. The number of hydrogen-bond donors (Lipinski definition) is 1. The van der Waals surface area contributed by atoms with Crippen LogP contribution in [0.5, 0.6) is 0 Å². The molecular formula is C16H21NO2. The third kappa shape index (κ3) is 2.87. The molecule has 102 valence electrons. The third-order valence-corrected chi connectivity index (χ3v) is 3.65. The molecule has 0 bridgehead atoms. The smallest absolute Gasteiger partial charge is 0.163 e. The maximum Gasteiger partial charge on any atom is 0.163 e. The molecule has 19 heavy (non-hydrogen) atoms. The Morgan fingerprint density at radius 2 is 2.16 bits per heavy atom. The number of benzene rings is 1. The highest BCUT2D eigenvalue weighted by atomic mass is 16.6. The van der Waals surface area contributed by atoms with Gasteiger partial charge >= 0.3 is 0 Å². The van der Waals surface area contributed by atoms with Crippen LogP contribution in [0.2, 0.25) is 0 Å². The fourth-order valence-corrected chi connectivity index (χ4v) is 2.74. The van der Waals surface area contributed by atoms with Crippen molar-refractivity contribution in [3.05, 3.63) is 46.2 Å². The van der Waals surface area contributed by atoms with Crippen molar-refractivity contribution in [1.82, 2.24) is 5.48 Å². The van der Waals surface area contributed by atoms with Gasteiger partial charge in [0.2, 0.25) is 0 Å². The molecule has 1 aromatic rings. The van der Waals surface area contributed by atoms with Gasteiger partial charge in [0.15, 0.2) is 5.78 Å². The monoisotopic (exact) mass is 259 g/mol. The van der Waals surface area contributed by atoms with Crippen molar-refractivity contribution in [2.24, 2.45) is 0 Å². The summed E-state index contributed by atoms with van der Waals surface area (Å²) in [4.78, 5) is 16.9. The van der Waals surface area contributed by atoms with Gasteiger partial charge in [-0.25, -0.2) is 0 Å². The van der Waals surface area contributed by atoms with Crippen LogP contribution in [0.15, 0.2) is 18.3 Å². The molecule has 0 aliphatic heterocycles. The number of hydroxylamine groups is 1. The number of carbonyl (C=O) groups excluding carboxylic acids is 1. The summed E-state index contributed by atoms with van der Waals surface area (Å²) in [6.07, 6.45) is 6.21. The molecule has 0 fully saturated rings. The summed E-state index contributed by atoms with van der Waals surface area (Å²) in [6.45, 7) is 6.75. The van der Waals surface area contributed by atoms with E-state index in [1.165, 1.54) is 16.7 Å². The van der Waals surface area contributed by atoms with Gasteiger partial charge in [0, 0.05) is 18.2 Å². The van der Waals surface area contributed by atoms with E-state index in [1.54, 1.807) is 6.20 Å². The van der Waals surface area contributed by atoms with E-state index in [-0.39, 0.29) is 0 Å². The molecule has 0 radical (unpaired) electrons. The van der Waals surface area contributed by atoms with Crippen molar-refractivity contribution in [3.63, 3.8) is 0 Å². The van der Waals surface area contributed by atoms with Gasteiger partial charge in [-0.05, 0) is 55.9 Å². The summed E-state index contributed by atoms with van der Waals surface area (Å²) in [5.41, 5.74) is 8.62. The molecule has 0 heterocycles. The van der Waals surface area contributed by atoms with E-state index in [0.29, 0.717) is 18.8 Å². The SMILES string of the molecule is CCON/C=C\Cc1c(C)cc2c(c1C)C(=O)CC2. The maximum absolute atomic E-state index is 11.9. The lowest BCUT2D eigenvalue weighted by Gasteiger charge is -2.12. The molecule has 1 aromatic carbocycles. The zero-order valence-electron chi connectivity index (χ0n) is 11.9. The number of fused-ring (bicyclic) bond motifs is 1. The Morgan fingerprint density at radius 3 is 2.89 bits per heavy atom. The molecule has 0 spiro atoms. The van der Waals surface area contributed by atoms with Crippen molar-refractivity contribution in [3.8, 4) is 0 Å². The largest absolute Gasteiger partial charge is 0.294 e. The van der Waals surface area contributed by atoms with Gasteiger partial charge in [-0.1, -0.05) is 12.1 Å².